The van der Waals surface area contributed by atoms with Crippen molar-refractivity contribution in [2.75, 3.05) is 16.9 Å². The summed E-state index contributed by atoms with van der Waals surface area (Å²) in [5.74, 6) is 0.438. The zero-order valence-corrected chi connectivity index (χ0v) is 16.7. The smallest absolute Gasteiger partial charge is 0.253 e. The number of nitrogens with one attached hydrogen (secondary N) is 2. The summed E-state index contributed by atoms with van der Waals surface area (Å²) in [4.78, 5) is 33.0. The lowest BCUT2D eigenvalue weighted by Crippen LogP contribution is -2.20. The number of nitrogens with zero attached hydrogens (tertiary/aromatic N) is 4. The Hall–Kier alpha value is -2.94. The van der Waals surface area contributed by atoms with E-state index in [0.717, 1.165) is 33.9 Å². The van der Waals surface area contributed by atoms with Crippen LogP contribution in [-0.4, -0.2) is 37.7 Å². The number of hydrogen-bond acceptors (Lipinski definition) is 6. The van der Waals surface area contributed by atoms with E-state index >= 15 is 0 Å². The normalized spacial score (nSPS) is 13.3. The van der Waals surface area contributed by atoms with Crippen molar-refractivity contribution in [3.63, 3.8) is 0 Å². The molecule has 144 valence electrons. The number of carbonyl (C=O) groups is 2. The Kier molecular flexibility index (Phi) is 4.76. The minimum absolute atomic E-state index is 0.0240. The van der Waals surface area contributed by atoms with E-state index in [1.807, 2.05) is 32.2 Å². The third-order valence-electron chi connectivity index (χ3n) is 4.83. The van der Waals surface area contributed by atoms with E-state index in [9.17, 15) is 9.59 Å². The Balaban J connectivity index is 1.55. The molecule has 2 N–H and O–H groups in total. The third-order valence-corrected chi connectivity index (χ3v) is 5.37. The van der Waals surface area contributed by atoms with E-state index in [-0.39, 0.29) is 18.2 Å². The summed E-state index contributed by atoms with van der Waals surface area (Å²) in [5, 5.41) is 10.9. The highest BCUT2D eigenvalue weighted by Crippen LogP contribution is 2.26. The first-order valence-electron chi connectivity index (χ1n) is 8.94. The molecule has 8 nitrogen and oxygen atoms in total. The molecule has 3 aromatic rings. The van der Waals surface area contributed by atoms with Crippen molar-refractivity contribution in [3.05, 3.63) is 40.7 Å². The average Bonchev–Trinajstić information content (AvgIpc) is 3.08. The Bertz CT molecular complexity index is 1110. The van der Waals surface area contributed by atoms with Gasteiger partial charge < -0.3 is 10.6 Å². The number of rotatable bonds is 4. The van der Waals surface area contributed by atoms with Gasteiger partial charge in [-0.25, -0.2) is 9.50 Å². The number of benzene rings is 1. The molecular formula is C19H20N6O2S. The van der Waals surface area contributed by atoms with E-state index in [1.54, 1.807) is 10.6 Å². The molecule has 0 radical (unpaired) electrons. The molecule has 1 aromatic carbocycles. The molecule has 28 heavy (non-hydrogen) atoms. The predicted molar refractivity (Wildman–Crippen MR) is 108 cm³/mol. The summed E-state index contributed by atoms with van der Waals surface area (Å²) in [6.07, 6.45) is 3.25. The average molecular weight is 396 g/mol. The standard InChI is InChI=1S/C19H20N6O2S/c1-10-14(11(2)25-18(20-10)23-19(24-25)28-3)9-17(27)21-13-5-6-15-12(8-13)4-7-16(26)22-15/h5-6,8H,4,7,9H2,1-3H3,(H,21,27)(H,22,26). The van der Waals surface area contributed by atoms with Crippen LogP contribution < -0.4 is 10.6 Å². The summed E-state index contributed by atoms with van der Waals surface area (Å²) in [6.45, 7) is 3.80. The zero-order valence-electron chi connectivity index (χ0n) is 15.9. The molecule has 4 rings (SSSR count). The van der Waals surface area contributed by atoms with Gasteiger partial charge in [0.25, 0.3) is 5.78 Å². The topological polar surface area (TPSA) is 101 Å². The molecular weight excluding hydrogens is 376 g/mol. The molecule has 0 aliphatic carbocycles. The second kappa shape index (κ2) is 7.23. The van der Waals surface area contributed by atoms with Gasteiger partial charge in [0.15, 0.2) is 0 Å². The first-order valence-corrected chi connectivity index (χ1v) is 10.2. The molecule has 0 saturated heterocycles. The lowest BCUT2D eigenvalue weighted by Gasteiger charge is -2.18. The van der Waals surface area contributed by atoms with Gasteiger partial charge in [0.05, 0.1) is 6.42 Å². The van der Waals surface area contributed by atoms with Crippen LogP contribution in [0.4, 0.5) is 11.4 Å². The van der Waals surface area contributed by atoms with Crippen molar-refractivity contribution in [2.45, 2.75) is 38.3 Å². The fraction of sp³-hybridized carbons (Fsp3) is 0.316. The summed E-state index contributed by atoms with van der Waals surface area (Å²) in [5.41, 5.74) is 5.03. The van der Waals surface area contributed by atoms with Gasteiger partial charge in [-0.2, -0.15) is 4.98 Å². The summed E-state index contributed by atoms with van der Waals surface area (Å²) in [6, 6.07) is 5.53. The number of aryl methyl sites for hydroxylation is 3. The molecule has 0 atom stereocenters. The number of fused-ring (bicyclic) bond motifs is 2. The molecule has 0 saturated carbocycles. The molecule has 9 heteroatoms. The van der Waals surface area contributed by atoms with Crippen molar-refractivity contribution in [1.29, 1.82) is 0 Å². The highest BCUT2D eigenvalue weighted by Gasteiger charge is 2.18. The Morgan fingerprint density at radius 1 is 1.29 bits per heavy atom. The fourth-order valence-corrected chi connectivity index (χ4v) is 3.70. The van der Waals surface area contributed by atoms with E-state index in [0.29, 0.717) is 23.8 Å². The zero-order chi connectivity index (χ0) is 19.8. The monoisotopic (exact) mass is 396 g/mol. The Morgan fingerprint density at radius 2 is 2.11 bits per heavy atom. The van der Waals surface area contributed by atoms with Crippen LogP contribution in [-0.2, 0) is 22.4 Å². The molecule has 3 heterocycles. The lowest BCUT2D eigenvalue weighted by atomic mass is 10.0. The van der Waals surface area contributed by atoms with Crippen molar-refractivity contribution in [2.24, 2.45) is 0 Å². The van der Waals surface area contributed by atoms with Crippen LogP contribution in [0.25, 0.3) is 5.78 Å². The van der Waals surface area contributed by atoms with Crippen LogP contribution >= 0.6 is 11.8 Å². The Morgan fingerprint density at radius 3 is 2.89 bits per heavy atom. The first kappa shape index (κ1) is 18.4. The quantitative estimate of drug-likeness (QED) is 0.657. The highest BCUT2D eigenvalue weighted by molar-refractivity contribution is 7.98. The van der Waals surface area contributed by atoms with Crippen LogP contribution in [0, 0.1) is 13.8 Å². The van der Waals surface area contributed by atoms with Crippen molar-refractivity contribution in [3.8, 4) is 0 Å². The molecule has 0 unspecified atom stereocenters. The van der Waals surface area contributed by atoms with Gasteiger partial charge in [-0.3, -0.25) is 9.59 Å². The summed E-state index contributed by atoms with van der Waals surface area (Å²) in [7, 11) is 0. The van der Waals surface area contributed by atoms with E-state index in [1.165, 1.54) is 11.8 Å². The van der Waals surface area contributed by atoms with Gasteiger partial charge in [0.1, 0.15) is 0 Å². The molecule has 2 aromatic heterocycles. The van der Waals surface area contributed by atoms with Gasteiger partial charge in [0, 0.05) is 34.7 Å². The van der Waals surface area contributed by atoms with Gasteiger partial charge in [-0.15, -0.1) is 5.10 Å². The predicted octanol–water partition coefficient (Wildman–Crippen LogP) is 2.53. The number of aromatic nitrogens is 4. The van der Waals surface area contributed by atoms with Crippen molar-refractivity contribution < 1.29 is 9.59 Å². The molecule has 0 fully saturated rings. The maximum Gasteiger partial charge on any atom is 0.253 e. The SMILES string of the molecule is CSc1nc2nc(C)c(CC(=O)Nc3ccc4c(c3)CCC(=O)N4)c(C)n2n1. The maximum absolute atomic E-state index is 12.6. The number of thioether (sulfide) groups is 1. The lowest BCUT2D eigenvalue weighted by molar-refractivity contribution is -0.117. The van der Waals surface area contributed by atoms with Crippen LogP contribution in [0.3, 0.4) is 0 Å². The highest BCUT2D eigenvalue weighted by atomic mass is 32.2. The third kappa shape index (κ3) is 3.45. The van der Waals surface area contributed by atoms with E-state index < -0.39 is 0 Å². The molecule has 2 amide bonds. The van der Waals surface area contributed by atoms with Gasteiger partial charge >= 0.3 is 0 Å². The summed E-state index contributed by atoms with van der Waals surface area (Å²) >= 11 is 1.45. The summed E-state index contributed by atoms with van der Waals surface area (Å²) < 4.78 is 1.68. The molecule has 0 spiro atoms. The van der Waals surface area contributed by atoms with Gasteiger partial charge in [-0.1, -0.05) is 11.8 Å². The van der Waals surface area contributed by atoms with Crippen LogP contribution in [0.5, 0.6) is 0 Å². The van der Waals surface area contributed by atoms with Crippen molar-refractivity contribution >= 4 is 40.7 Å². The number of hydrogen-bond donors (Lipinski definition) is 2. The minimum Gasteiger partial charge on any atom is -0.326 e. The number of anilines is 2. The van der Waals surface area contributed by atoms with E-state index in [4.69, 9.17) is 0 Å². The number of carbonyl (C=O) groups excluding carboxylic acids is 2. The minimum atomic E-state index is -0.127. The largest absolute Gasteiger partial charge is 0.326 e. The van der Waals surface area contributed by atoms with Gasteiger partial charge in [0.2, 0.25) is 17.0 Å². The van der Waals surface area contributed by atoms with Gasteiger partial charge in [-0.05, 0) is 50.3 Å². The molecule has 1 aliphatic heterocycles. The van der Waals surface area contributed by atoms with Crippen LogP contribution in [0.1, 0.15) is 28.9 Å². The Labute approximate surface area is 166 Å². The molecule has 1 aliphatic rings. The second-order valence-electron chi connectivity index (χ2n) is 6.72. The first-order chi connectivity index (χ1) is 13.4. The van der Waals surface area contributed by atoms with E-state index in [2.05, 4.69) is 25.7 Å². The van der Waals surface area contributed by atoms with Crippen molar-refractivity contribution in [1.82, 2.24) is 19.6 Å². The molecule has 0 bridgehead atoms. The van der Waals surface area contributed by atoms with Crippen LogP contribution in [0.15, 0.2) is 23.4 Å². The van der Waals surface area contributed by atoms with Crippen LogP contribution in [0.2, 0.25) is 0 Å². The number of amides is 2. The maximum atomic E-state index is 12.6. The fourth-order valence-electron chi connectivity index (χ4n) is 3.36. The second-order valence-corrected chi connectivity index (χ2v) is 7.49.